The first-order valence-electron chi connectivity index (χ1n) is 9.26. The molecule has 0 bridgehead atoms. The van der Waals surface area contributed by atoms with E-state index in [-0.39, 0.29) is 34.8 Å². The minimum atomic E-state index is -0.482. The highest BCUT2D eigenvalue weighted by Crippen LogP contribution is 2.49. The summed E-state index contributed by atoms with van der Waals surface area (Å²) in [5.74, 6) is 0.331. The first kappa shape index (κ1) is 18.2. The maximum Gasteiger partial charge on any atom is 0.237 e. The molecule has 1 aromatic heterocycles. The average Bonchev–Trinajstić information content (AvgIpc) is 3.09. The van der Waals surface area contributed by atoms with E-state index in [2.05, 4.69) is 31.8 Å². The van der Waals surface area contributed by atoms with E-state index in [1.165, 1.54) is 0 Å². The summed E-state index contributed by atoms with van der Waals surface area (Å²) in [6, 6.07) is 10.8. The van der Waals surface area contributed by atoms with Gasteiger partial charge in [-0.1, -0.05) is 26.0 Å². The molecule has 1 amide bonds. The highest BCUT2D eigenvalue weighted by Gasteiger charge is 2.50. The van der Waals surface area contributed by atoms with Crippen LogP contribution in [0.15, 0.2) is 47.1 Å². The molecule has 27 heavy (non-hydrogen) atoms. The smallest absolute Gasteiger partial charge is 0.237 e. The van der Waals surface area contributed by atoms with Crippen LogP contribution >= 0.6 is 12.6 Å². The fraction of sp³-hybridized carbons (Fsp3) is 0.429. The number of carbonyl (C=O) groups is 2. The number of nitrogens with one attached hydrogen (secondary N) is 1. The molecule has 142 valence electrons. The lowest BCUT2D eigenvalue weighted by Gasteiger charge is -2.43. The van der Waals surface area contributed by atoms with E-state index in [4.69, 9.17) is 4.42 Å². The van der Waals surface area contributed by atoms with Gasteiger partial charge >= 0.3 is 0 Å². The Kier molecular flexibility index (Phi) is 4.54. The Hall–Kier alpha value is -2.21. The molecule has 5 nitrogen and oxygen atoms in total. The van der Waals surface area contributed by atoms with E-state index in [9.17, 15) is 9.59 Å². The molecule has 0 spiro atoms. The van der Waals surface area contributed by atoms with Crippen LogP contribution in [-0.2, 0) is 9.59 Å². The number of carbonyl (C=O) groups excluding carboxylic acids is 2. The number of thiol groups is 1. The second-order valence-electron chi connectivity index (χ2n) is 8.19. The molecule has 0 unspecified atom stereocenters. The highest BCUT2D eigenvalue weighted by molar-refractivity contribution is 7.81. The third-order valence-electron chi connectivity index (χ3n) is 5.59. The monoisotopic (exact) mass is 384 g/mol. The summed E-state index contributed by atoms with van der Waals surface area (Å²) in [5, 5.41) is 3.57. The van der Waals surface area contributed by atoms with Gasteiger partial charge in [0.15, 0.2) is 0 Å². The molecule has 2 aromatic rings. The number of ketones is 1. The van der Waals surface area contributed by atoms with Gasteiger partial charge in [-0.15, -0.1) is 0 Å². The van der Waals surface area contributed by atoms with Gasteiger partial charge in [-0.3, -0.25) is 14.5 Å². The summed E-state index contributed by atoms with van der Waals surface area (Å²) >= 11 is 4.23. The van der Waals surface area contributed by atoms with Crippen molar-refractivity contribution in [3.05, 3.63) is 48.4 Å². The third-order valence-corrected chi connectivity index (χ3v) is 5.86. The lowest BCUT2D eigenvalue weighted by molar-refractivity contribution is -0.129. The molecule has 2 aliphatic rings. The summed E-state index contributed by atoms with van der Waals surface area (Å²) in [4.78, 5) is 27.9. The van der Waals surface area contributed by atoms with Gasteiger partial charge in [-0.05, 0) is 36.1 Å². The quantitative estimate of drug-likeness (QED) is 0.766. The molecular weight excluding hydrogens is 360 g/mol. The number of hydrogen-bond donors (Lipinski definition) is 2. The molecule has 6 heteroatoms. The fourth-order valence-corrected chi connectivity index (χ4v) is 4.74. The largest absolute Gasteiger partial charge is 0.467 e. The minimum absolute atomic E-state index is 0.0581. The normalized spacial score (nSPS) is 26.6. The number of amides is 1. The van der Waals surface area contributed by atoms with Gasteiger partial charge in [-0.2, -0.15) is 12.6 Å². The average molecular weight is 385 g/mol. The number of Topliss-reactive ketones (excluding diaryl/α,β-unsaturated/α-hetero) is 1. The summed E-state index contributed by atoms with van der Waals surface area (Å²) in [5.41, 5.74) is 1.54. The van der Waals surface area contributed by atoms with Gasteiger partial charge in [0.05, 0.1) is 29.3 Å². The standard InChI is InChI=1S/C21H24N2O3S/c1-21(2)10-14-19(16(24)11-21)20(17-8-5-9-26-17)23(18(25)12-27)15-7-4-3-6-13(15)22-14/h3-9,14,19-20,22,27H,10-12H2,1-2H3/t14-,19-,20-/m1/s1. The van der Waals surface area contributed by atoms with Gasteiger partial charge in [0.25, 0.3) is 0 Å². The SMILES string of the molecule is CC1(C)CC(=O)[C@@H]2[C@@H](c3ccco3)N(C(=O)CS)c3ccccc3N[C@@H]2C1. The van der Waals surface area contributed by atoms with E-state index in [0.717, 1.165) is 17.8 Å². The Morgan fingerprint density at radius 1 is 1.30 bits per heavy atom. The topological polar surface area (TPSA) is 62.6 Å². The van der Waals surface area contributed by atoms with Crippen LogP contribution in [0.3, 0.4) is 0 Å². The van der Waals surface area contributed by atoms with Crippen molar-refractivity contribution in [2.24, 2.45) is 11.3 Å². The number of para-hydroxylation sites is 2. The van der Waals surface area contributed by atoms with Crippen molar-refractivity contribution in [3.63, 3.8) is 0 Å². The Balaban J connectivity index is 1.92. The highest BCUT2D eigenvalue weighted by atomic mass is 32.1. The van der Waals surface area contributed by atoms with Gasteiger partial charge in [0.2, 0.25) is 5.91 Å². The molecule has 0 radical (unpaired) electrons. The first-order chi connectivity index (χ1) is 12.9. The van der Waals surface area contributed by atoms with Crippen LogP contribution in [0.4, 0.5) is 11.4 Å². The van der Waals surface area contributed by atoms with Crippen molar-refractivity contribution < 1.29 is 14.0 Å². The van der Waals surface area contributed by atoms with Crippen molar-refractivity contribution in [1.29, 1.82) is 0 Å². The van der Waals surface area contributed by atoms with Crippen LogP contribution < -0.4 is 10.2 Å². The van der Waals surface area contributed by atoms with Crippen molar-refractivity contribution in [2.45, 2.75) is 38.8 Å². The molecule has 1 fully saturated rings. The number of rotatable bonds is 2. The number of benzene rings is 1. The zero-order chi connectivity index (χ0) is 19.2. The Labute approximate surface area is 164 Å². The molecule has 1 aromatic carbocycles. The molecule has 1 aliphatic heterocycles. The number of nitrogens with zero attached hydrogens (tertiary/aromatic N) is 1. The molecule has 1 N–H and O–H groups in total. The van der Waals surface area contributed by atoms with Crippen LogP contribution in [0.2, 0.25) is 0 Å². The predicted molar refractivity (Wildman–Crippen MR) is 108 cm³/mol. The lowest BCUT2D eigenvalue weighted by atomic mass is 9.67. The van der Waals surface area contributed by atoms with Gasteiger partial charge < -0.3 is 9.73 Å². The summed E-state index contributed by atoms with van der Waals surface area (Å²) in [6.45, 7) is 4.25. The predicted octanol–water partition coefficient (Wildman–Crippen LogP) is 4.08. The summed E-state index contributed by atoms with van der Waals surface area (Å²) in [6.07, 6.45) is 2.93. The van der Waals surface area contributed by atoms with E-state index in [0.29, 0.717) is 12.2 Å². The van der Waals surface area contributed by atoms with Gasteiger partial charge in [0, 0.05) is 12.5 Å². The maximum absolute atomic E-state index is 13.3. The molecule has 1 aliphatic carbocycles. The fourth-order valence-electron chi connectivity index (χ4n) is 4.59. The zero-order valence-corrected chi connectivity index (χ0v) is 16.4. The zero-order valence-electron chi connectivity index (χ0n) is 15.5. The second-order valence-corrected chi connectivity index (χ2v) is 8.50. The van der Waals surface area contributed by atoms with Gasteiger partial charge in [-0.25, -0.2) is 0 Å². The Morgan fingerprint density at radius 2 is 2.07 bits per heavy atom. The van der Waals surface area contributed by atoms with Crippen molar-refractivity contribution in [3.8, 4) is 0 Å². The van der Waals surface area contributed by atoms with Crippen molar-refractivity contribution >= 4 is 35.7 Å². The lowest BCUT2D eigenvalue weighted by Crippen LogP contribution is -2.50. The molecule has 1 saturated carbocycles. The van der Waals surface area contributed by atoms with Crippen LogP contribution in [0.1, 0.15) is 38.5 Å². The van der Waals surface area contributed by atoms with Crippen LogP contribution in [-0.4, -0.2) is 23.5 Å². The van der Waals surface area contributed by atoms with Gasteiger partial charge in [0.1, 0.15) is 17.6 Å². The molecular formula is C21H24N2O3S. The van der Waals surface area contributed by atoms with E-state index in [1.807, 2.05) is 30.3 Å². The van der Waals surface area contributed by atoms with Crippen LogP contribution in [0.5, 0.6) is 0 Å². The van der Waals surface area contributed by atoms with Crippen molar-refractivity contribution in [2.75, 3.05) is 16.0 Å². The molecule has 0 saturated heterocycles. The maximum atomic E-state index is 13.3. The third kappa shape index (κ3) is 3.16. The van der Waals surface area contributed by atoms with Crippen molar-refractivity contribution in [1.82, 2.24) is 0 Å². The number of furan rings is 1. The number of fused-ring (bicyclic) bond motifs is 2. The van der Waals surface area contributed by atoms with E-state index < -0.39 is 6.04 Å². The summed E-state index contributed by atoms with van der Waals surface area (Å²) in [7, 11) is 0. The first-order valence-corrected chi connectivity index (χ1v) is 9.89. The Bertz CT molecular complexity index is 862. The van der Waals surface area contributed by atoms with E-state index in [1.54, 1.807) is 17.2 Å². The summed E-state index contributed by atoms with van der Waals surface area (Å²) < 4.78 is 5.72. The number of anilines is 2. The second kappa shape index (κ2) is 6.75. The van der Waals surface area contributed by atoms with Crippen LogP contribution in [0, 0.1) is 11.3 Å². The number of hydrogen-bond acceptors (Lipinski definition) is 5. The van der Waals surface area contributed by atoms with Crippen LogP contribution in [0.25, 0.3) is 0 Å². The minimum Gasteiger partial charge on any atom is -0.467 e. The Morgan fingerprint density at radius 3 is 2.78 bits per heavy atom. The molecule has 3 atom stereocenters. The molecule has 4 rings (SSSR count). The molecule has 2 heterocycles. The van der Waals surface area contributed by atoms with E-state index >= 15 is 0 Å².